The second-order valence-corrected chi connectivity index (χ2v) is 9.31. The molecule has 8 heteroatoms. The van der Waals surface area contributed by atoms with Crippen LogP contribution in [0.5, 0.6) is 0 Å². The molecule has 1 fully saturated rings. The quantitative estimate of drug-likeness (QED) is 0.300. The van der Waals surface area contributed by atoms with Crippen molar-refractivity contribution in [2.24, 2.45) is 11.8 Å². The molecule has 4 unspecified atom stereocenters. The Kier molecular flexibility index (Phi) is 8.50. The van der Waals surface area contributed by atoms with Gasteiger partial charge in [-0.25, -0.2) is 0 Å². The third kappa shape index (κ3) is 4.08. The molecule has 1 aliphatic heterocycles. The first-order chi connectivity index (χ1) is 11.4. The van der Waals surface area contributed by atoms with Gasteiger partial charge in [0.2, 0.25) is 0 Å². The van der Waals surface area contributed by atoms with Crippen molar-refractivity contribution < 1.29 is 33.0 Å². The van der Waals surface area contributed by atoms with Gasteiger partial charge in [0.1, 0.15) is 11.3 Å². The molecule has 2 N–H and O–H groups in total. The van der Waals surface area contributed by atoms with Crippen LogP contribution >= 0.6 is 0 Å². The van der Waals surface area contributed by atoms with Gasteiger partial charge >= 0.3 is 8.80 Å². The number of allylic oxidation sites excluding steroid dienone is 1. The lowest BCUT2D eigenvalue weighted by atomic mass is 9.88. The molecule has 0 spiro atoms. The Morgan fingerprint density at radius 3 is 2.12 bits per heavy atom. The molecule has 0 saturated carbocycles. The van der Waals surface area contributed by atoms with E-state index >= 15 is 0 Å². The minimum Gasteiger partial charge on any atom is -0.394 e. The Balaban J connectivity index is 3.42. The highest BCUT2D eigenvalue weighted by atomic mass is 28.4. The summed E-state index contributed by atoms with van der Waals surface area (Å²) in [6.45, 7) is 6.12. The zero-order valence-electron chi connectivity index (χ0n) is 15.5. The number of ether oxygens (including phenoxy) is 2. The fourth-order valence-corrected chi connectivity index (χ4v) is 6.44. The van der Waals surface area contributed by atoms with Crippen molar-refractivity contribution in [3.63, 3.8) is 0 Å². The Hall–Kier alpha value is -0.323. The summed E-state index contributed by atoms with van der Waals surface area (Å²) in [4.78, 5) is 0. The number of aliphatic hydroxyl groups excluding tert-OH is 2. The van der Waals surface area contributed by atoms with Gasteiger partial charge in [-0.15, -0.1) is 0 Å². The van der Waals surface area contributed by atoms with Crippen LogP contribution in [0.15, 0.2) is 12.2 Å². The van der Waals surface area contributed by atoms with Crippen LogP contribution in [-0.2, 0) is 22.8 Å². The summed E-state index contributed by atoms with van der Waals surface area (Å²) in [6, 6.07) is 0. The highest BCUT2D eigenvalue weighted by Gasteiger charge is 2.68. The van der Waals surface area contributed by atoms with Crippen LogP contribution in [0.1, 0.15) is 20.8 Å². The average Bonchev–Trinajstić information content (AvgIpc) is 3.41. The largest absolute Gasteiger partial charge is 0.534 e. The first kappa shape index (κ1) is 21.7. The topological polar surface area (TPSA) is 89.9 Å². The van der Waals surface area contributed by atoms with E-state index in [0.717, 1.165) is 0 Å². The minimum atomic E-state index is -3.31. The van der Waals surface area contributed by atoms with Crippen molar-refractivity contribution in [3.05, 3.63) is 12.2 Å². The van der Waals surface area contributed by atoms with E-state index in [2.05, 4.69) is 0 Å². The van der Waals surface area contributed by atoms with E-state index < -0.39 is 20.1 Å². The summed E-state index contributed by atoms with van der Waals surface area (Å²) in [5.41, 5.74) is 0. The number of epoxide rings is 1. The van der Waals surface area contributed by atoms with E-state index in [-0.39, 0.29) is 31.2 Å². The number of rotatable bonds is 12. The lowest BCUT2D eigenvalue weighted by Gasteiger charge is -2.49. The number of aliphatic hydroxyl groups is 2. The molecule has 0 aromatic carbocycles. The average molecular weight is 365 g/mol. The Labute approximate surface area is 145 Å². The molecule has 1 heterocycles. The van der Waals surface area contributed by atoms with Crippen LogP contribution in [0.3, 0.4) is 0 Å². The van der Waals surface area contributed by atoms with Crippen LogP contribution in [-0.4, -0.2) is 77.6 Å². The van der Waals surface area contributed by atoms with Crippen molar-refractivity contribution in [2.45, 2.75) is 38.2 Å². The Morgan fingerprint density at radius 2 is 1.79 bits per heavy atom. The maximum atomic E-state index is 9.82. The van der Waals surface area contributed by atoms with E-state index in [1.54, 1.807) is 21.3 Å². The molecular formula is C16H32O7Si. The van der Waals surface area contributed by atoms with Gasteiger partial charge in [0.05, 0.1) is 25.9 Å². The number of hydrogen-bond donors (Lipinski definition) is 2. The van der Waals surface area contributed by atoms with Crippen molar-refractivity contribution in [3.8, 4) is 0 Å². The molecule has 24 heavy (non-hydrogen) atoms. The molecule has 1 saturated heterocycles. The summed E-state index contributed by atoms with van der Waals surface area (Å²) in [5.74, 6) is -0.222. The third-order valence-corrected chi connectivity index (χ3v) is 8.15. The van der Waals surface area contributed by atoms with Gasteiger partial charge in [-0.3, -0.25) is 0 Å². The molecular weight excluding hydrogens is 332 g/mol. The highest BCUT2D eigenvalue weighted by molar-refractivity contribution is 6.64. The van der Waals surface area contributed by atoms with Gasteiger partial charge in [0, 0.05) is 27.2 Å². The molecule has 142 valence electrons. The van der Waals surface area contributed by atoms with Crippen LogP contribution in [0, 0.1) is 11.8 Å². The summed E-state index contributed by atoms with van der Waals surface area (Å²) in [7, 11) is 1.32. The minimum absolute atomic E-state index is 0.0257. The van der Waals surface area contributed by atoms with E-state index in [1.165, 1.54) is 0 Å². The fraction of sp³-hybridized carbons (Fsp3) is 0.875. The van der Waals surface area contributed by atoms with Gasteiger partial charge in [-0.2, -0.15) is 0 Å². The van der Waals surface area contributed by atoms with Gasteiger partial charge in [0.15, 0.2) is 0 Å². The lowest BCUT2D eigenvalue weighted by molar-refractivity contribution is -0.133. The van der Waals surface area contributed by atoms with Gasteiger partial charge in [0.25, 0.3) is 0 Å². The van der Waals surface area contributed by atoms with Crippen LogP contribution in [0.25, 0.3) is 0 Å². The fourth-order valence-electron chi connectivity index (χ4n) is 3.32. The van der Waals surface area contributed by atoms with Crippen molar-refractivity contribution in [1.82, 2.24) is 0 Å². The first-order valence-corrected chi connectivity index (χ1v) is 9.94. The summed E-state index contributed by atoms with van der Waals surface area (Å²) in [5, 5.41) is 18.0. The zero-order valence-corrected chi connectivity index (χ0v) is 16.5. The van der Waals surface area contributed by atoms with Crippen molar-refractivity contribution in [1.29, 1.82) is 0 Å². The lowest BCUT2D eigenvalue weighted by Crippen LogP contribution is -2.71. The van der Waals surface area contributed by atoms with Crippen LogP contribution in [0.2, 0.25) is 0 Å². The monoisotopic (exact) mass is 364 g/mol. The summed E-state index contributed by atoms with van der Waals surface area (Å²) < 4.78 is 29.1. The van der Waals surface area contributed by atoms with Crippen LogP contribution in [0.4, 0.5) is 0 Å². The molecule has 4 atom stereocenters. The molecule has 0 aromatic heterocycles. The van der Waals surface area contributed by atoms with E-state index in [9.17, 15) is 5.11 Å². The Morgan fingerprint density at radius 1 is 1.25 bits per heavy atom. The Bertz CT molecular complexity index is 388. The highest BCUT2D eigenvalue weighted by Crippen LogP contribution is 2.46. The summed E-state index contributed by atoms with van der Waals surface area (Å²) in [6.07, 6.45) is 2.94. The van der Waals surface area contributed by atoms with Gasteiger partial charge < -0.3 is 33.0 Å². The third-order valence-electron chi connectivity index (χ3n) is 4.52. The SMILES string of the molecule is CC=CC(C1CO1)C(OCC(O)CO)(C(C)C)[Si](OC)(OC)OC. The standard InChI is InChI=1S/C16H32O7Si/c1-7-8-14(15-11-22-15)16(12(2)3,23-10-13(18)9-17)24(19-4,20-5)21-6/h7-8,12-15,17-18H,9-11H2,1-6H3. The molecule has 1 aliphatic rings. The molecule has 0 aromatic rings. The molecule has 0 radical (unpaired) electrons. The van der Waals surface area contributed by atoms with Gasteiger partial charge in [-0.05, 0) is 12.8 Å². The maximum absolute atomic E-state index is 9.82. The molecule has 0 aliphatic carbocycles. The molecule has 7 nitrogen and oxygen atoms in total. The second-order valence-electron chi connectivity index (χ2n) is 6.19. The second kappa shape index (κ2) is 9.40. The normalized spacial score (nSPS) is 23.5. The zero-order chi connectivity index (χ0) is 18.4. The maximum Gasteiger partial charge on any atom is 0.534 e. The van der Waals surface area contributed by atoms with E-state index in [0.29, 0.717) is 6.61 Å². The first-order valence-electron chi connectivity index (χ1n) is 8.21. The predicted octanol–water partition coefficient (Wildman–Crippen LogP) is 0.759. The van der Waals surface area contributed by atoms with E-state index in [4.69, 9.17) is 27.9 Å². The van der Waals surface area contributed by atoms with E-state index in [1.807, 2.05) is 32.9 Å². The number of hydrogen-bond acceptors (Lipinski definition) is 7. The van der Waals surface area contributed by atoms with Crippen molar-refractivity contribution in [2.75, 3.05) is 41.2 Å². The molecule has 1 rings (SSSR count). The molecule has 0 bridgehead atoms. The summed E-state index contributed by atoms with van der Waals surface area (Å²) >= 11 is 0. The van der Waals surface area contributed by atoms with Gasteiger partial charge in [-0.1, -0.05) is 26.0 Å². The van der Waals surface area contributed by atoms with Crippen LogP contribution < -0.4 is 0 Å². The molecule has 0 amide bonds. The van der Waals surface area contributed by atoms with Crippen molar-refractivity contribution >= 4 is 8.80 Å². The predicted molar refractivity (Wildman–Crippen MR) is 91.4 cm³/mol. The smallest absolute Gasteiger partial charge is 0.394 e.